The SMILES string of the molecule is CCCNc1nc(SC(C)CO)c2cn[nH]c2n1. The minimum Gasteiger partial charge on any atom is -0.395 e. The fourth-order valence-corrected chi connectivity index (χ4v) is 2.31. The summed E-state index contributed by atoms with van der Waals surface area (Å²) >= 11 is 1.52. The van der Waals surface area contributed by atoms with Crippen LogP contribution in [0.1, 0.15) is 20.3 Å². The van der Waals surface area contributed by atoms with Crippen LogP contribution in [0, 0.1) is 0 Å². The van der Waals surface area contributed by atoms with Crippen LogP contribution in [-0.4, -0.2) is 43.7 Å². The van der Waals surface area contributed by atoms with Crippen molar-refractivity contribution >= 4 is 28.7 Å². The third-order valence-corrected chi connectivity index (χ3v) is 3.46. The van der Waals surface area contributed by atoms with Gasteiger partial charge in [0.2, 0.25) is 5.95 Å². The lowest BCUT2D eigenvalue weighted by atomic mass is 10.4. The van der Waals surface area contributed by atoms with Gasteiger partial charge in [-0.25, -0.2) is 4.98 Å². The van der Waals surface area contributed by atoms with Crippen LogP contribution in [0.25, 0.3) is 11.0 Å². The molecular formula is C11H17N5OS. The number of anilines is 1. The standard InChI is InChI=1S/C11H17N5OS/c1-3-4-12-11-14-9-8(5-13-16-9)10(15-11)18-7(2)6-17/h5,7,17H,3-4,6H2,1-2H3,(H2,12,13,14,15,16). The zero-order valence-electron chi connectivity index (χ0n) is 10.5. The van der Waals surface area contributed by atoms with E-state index >= 15 is 0 Å². The first-order valence-corrected chi connectivity index (χ1v) is 6.85. The number of aliphatic hydroxyl groups is 1. The summed E-state index contributed by atoms with van der Waals surface area (Å²) in [6.45, 7) is 4.99. The molecule has 0 radical (unpaired) electrons. The maximum Gasteiger partial charge on any atom is 0.225 e. The Balaban J connectivity index is 2.32. The van der Waals surface area contributed by atoms with Crippen molar-refractivity contribution in [3.63, 3.8) is 0 Å². The van der Waals surface area contributed by atoms with Crippen LogP contribution in [0.3, 0.4) is 0 Å². The number of H-pyrrole nitrogens is 1. The highest BCUT2D eigenvalue weighted by atomic mass is 32.2. The van der Waals surface area contributed by atoms with Crippen LogP contribution in [0.2, 0.25) is 0 Å². The molecule has 2 rings (SSSR count). The van der Waals surface area contributed by atoms with Gasteiger partial charge in [0.25, 0.3) is 0 Å². The Bertz CT molecular complexity index is 515. The zero-order valence-corrected chi connectivity index (χ0v) is 11.3. The molecule has 0 fully saturated rings. The predicted octanol–water partition coefficient (Wildman–Crippen LogP) is 1.65. The van der Waals surface area contributed by atoms with Crippen molar-refractivity contribution in [1.29, 1.82) is 0 Å². The maximum atomic E-state index is 9.13. The van der Waals surface area contributed by atoms with E-state index in [0.717, 1.165) is 29.0 Å². The molecule has 1 unspecified atom stereocenters. The van der Waals surface area contributed by atoms with Gasteiger partial charge in [0.1, 0.15) is 5.03 Å². The highest BCUT2D eigenvalue weighted by molar-refractivity contribution is 8.00. The van der Waals surface area contributed by atoms with Crippen molar-refractivity contribution < 1.29 is 5.11 Å². The Kier molecular flexibility index (Phi) is 4.38. The third-order valence-electron chi connectivity index (χ3n) is 2.38. The number of rotatable bonds is 6. The molecule has 18 heavy (non-hydrogen) atoms. The number of nitrogens with one attached hydrogen (secondary N) is 2. The summed E-state index contributed by atoms with van der Waals surface area (Å²) in [5.74, 6) is 0.598. The number of hydrogen-bond donors (Lipinski definition) is 3. The summed E-state index contributed by atoms with van der Waals surface area (Å²) in [7, 11) is 0. The van der Waals surface area contributed by atoms with Gasteiger partial charge in [0.05, 0.1) is 18.2 Å². The van der Waals surface area contributed by atoms with Gasteiger partial charge in [0, 0.05) is 11.8 Å². The molecule has 0 saturated heterocycles. The average molecular weight is 267 g/mol. The number of aromatic nitrogens is 4. The van der Waals surface area contributed by atoms with Crippen molar-refractivity contribution in [1.82, 2.24) is 20.2 Å². The van der Waals surface area contributed by atoms with E-state index in [1.807, 2.05) is 6.92 Å². The minimum absolute atomic E-state index is 0.0945. The Labute approximate surface area is 110 Å². The molecule has 7 heteroatoms. The summed E-state index contributed by atoms with van der Waals surface area (Å²) in [4.78, 5) is 8.82. The van der Waals surface area contributed by atoms with Gasteiger partial charge in [-0.3, -0.25) is 5.10 Å². The molecule has 98 valence electrons. The van der Waals surface area contributed by atoms with Crippen LogP contribution < -0.4 is 5.32 Å². The molecule has 6 nitrogen and oxygen atoms in total. The molecule has 2 heterocycles. The van der Waals surface area contributed by atoms with Gasteiger partial charge in [-0.1, -0.05) is 25.6 Å². The molecule has 0 saturated carbocycles. The molecule has 1 atom stereocenters. The van der Waals surface area contributed by atoms with Crippen molar-refractivity contribution in [3.8, 4) is 0 Å². The lowest BCUT2D eigenvalue weighted by Crippen LogP contribution is -2.07. The van der Waals surface area contributed by atoms with Crippen LogP contribution in [0.5, 0.6) is 0 Å². The zero-order chi connectivity index (χ0) is 13.0. The summed E-state index contributed by atoms with van der Waals surface area (Å²) in [6, 6.07) is 0. The lowest BCUT2D eigenvalue weighted by Gasteiger charge is -2.09. The highest BCUT2D eigenvalue weighted by Crippen LogP contribution is 2.28. The second-order valence-electron chi connectivity index (χ2n) is 4.02. The van der Waals surface area contributed by atoms with Gasteiger partial charge in [-0.05, 0) is 6.42 Å². The van der Waals surface area contributed by atoms with E-state index in [-0.39, 0.29) is 11.9 Å². The molecule has 3 N–H and O–H groups in total. The third kappa shape index (κ3) is 2.91. The lowest BCUT2D eigenvalue weighted by molar-refractivity contribution is 0.300. The average Bonchev–Trinajstić information content (AvgIpc) is 2.84. The maximum absolute atomic E-state index is 9.13. The molecule has 0 bridgehead atoms. The van der Waals surface area contributed by atoms with Crippen LogP contribution in [0.15, 0.2) is 11.2 Å². The normalized spacial score (nSPS) is 12.8. The summed E-state index contributed by atoms with van der Waals surface area (Å²) in [5, 5.41) is 21.0. The number of thioether (sulfide) groups is 1. The van der Waals surface area contributed by atoms with Crippen molar-refractivity contribution in [2.75, 3.05) is 18.5 Å². The van der Waals surface area contributed by atoms with E-state index in [9.17, 15) is 0 Å². The number of hydrogen-bond acceptors (Lipinski definition) is 6. The molecule has 0 aliphatic carbocycles. The first kappa shape index (κ1) is 13.1. The minimum atomic E-state index is 0.0945. The van der Waals surface area contributed by atoms with E-state index in [1.165, 1.54) is 11.8 Å². The van der Waals surface area contributed by atoms with E-state index in [1.54, 1.807) is 6.20 Å². The summed E-state index contributed by atoms with van der Waals surface area (Å²) in [6.07, 6.45) is 2.73. The number of fused-ring (bicyclic) bond motifs is 1. The van der Waals surface area contributed by atoms with Crippen molar-refractivity contribution in [2.24, 2.45) is 0 Å². The first-order valence-electron chi connectivity index (χ1n) is 5.97. The predicted molar refractivity (Wildman–Crippen MR) is 72.9 cm³/mol. The fourth-order valence-electron chi connectivity index (χ4n) is 1.44. The Hall–Kier alpha value is -1.34. The number of nitrogens with zero attached hydrogens (tertiary/aromatic N) is 3. The number of aromatic amines is 1. The summed E-state index contributed by atoms with van der Waals surface area (Å²) in [5.41, 5.74) is 0.719. The summed E-state index contributed by atoms with van der Waals surface area (Å²) < 4.78 is 0. The van der Waals surface area contributed by atoms with Crippen molar-refractivity contribution in [3.05, 3.63) is 6.20 Å². The molecule has 2 aromatic heterocycles. The molecule has 0 amide bonds. The topological polar surface area (TPSA) is 86.7 Å². The van der Waals surface area contributed by atoms with E-state index < -0.39 is 0 Å². The van der Waals surface area contributed by atoms with Crippen LogP contribution in [-0.2, 0) is 0 Å². The monoisotopic (exact) mass is 267 g/mol. The largest absolute Gasteiger partial charge is 0.395 e. The second-order valence-corrected chi connectivity index (χ2v) is 5.45. The molecule has 2 aromatic rings. The van der Waals surface area contributed by atoms with Gasteiger partial charge >= 0.3 is 0 Å². The smallest absolute Gasteiger partial charge is 0.225 e. The first-order chi connectivity index (χ1) is 8.74. The van der Waals surface area contributed by atoms with Gasteiger partial charge in [0.15, 0.2) is 5.65 Å². The van der Waals surface area contributed by atoms with Crippen molar-refractivity contribution in [2.45, 2.75) is 30.5 Å². The molecule has 0 aliphatic heterocycles. The highest BCUT2D eigenvalue weighted by Gasteiger charge is 2.12. The Morgan fingerprint density at radius 1 is 1.50 bits per heavy atom. The Morgan fingerprint density at radius 2 is 2.33 bits per heavy atom. The number of aliphatic hydroxyl groups excluding tert-OH is 1. The van der Waals surface area contributed by atoms with Gasteiger partial charge < -0.3 is 10.4 Å². The van der Waals surface area contributed by atoms with E-state index in [2.05, 4.69) is 32.4 Å². The van der Waals surface area contributed by atoms with E-state index in [4.69, 9.17) is 5.11 Å². The Morgan fingerprint density at radius 3 is 3.06 bits per heavy atom. The molecule has 0 aromatic carbocycles. The van der Waals surface area contributed by atoms with Gasteiger partial charge in [-0.15, -0.1) is 0 Å². The van der Waals surface area contributed by atoms with Crippen LogP contribution >= 0.6 is 11.8 Å². The molecule has 0 aliphatic rings. The molecule has 0 spiro atoms. The van der Waals surface area contributed by atoms with Crippen LogP contribution in [0.4, 0.5) is 5.95 Å². The molecular weight excluding hydrogens is 250 g/mol. The second kappa shape index (κ2) is 6.01. The van der Waals surface area contributed by atoms with Gasteiger partial charge in [-0.2, -0.15) is 10.1 Å². The van der Waals surface area contributed by atoms with E-state index in [0.29, 0.717) is 5.95 Å². The fraction of sp³-hybridized carbons (Fsp3) is 0.545. The quantitative estimate of drug-likeness (QED) is 0.545.